The minimum Gasteiger partial charge on any atom is -0.481 e. The minimum absolute atomic E-state index is 0.271. The maximum absolute atomic E-state index is 11.9. The smallest absolute Gasteiger partial charge is 0.481 e. The number of carbonyl (C=O) groups is 3. The highest BCUT2D eigenvalue weighted by molar-refractivity contribution is 5.89. The van der Waals surface area contributed by atoms with Gasteiger partial charge in [-0.25, -0.2) is 9.59 Å². The second-order valence-electron chi connectivity index (χ2n) is 5.91. The summed E-state index contributed by atoms with van der Waals surface area (Å²) in [4.78, 5) is 34.3. The largest absolute Gasteiger partial charge is 0.511 e. The number of rotatable bonds is 10. The van der Waals surface area contributed by atoms with Gasteiger partial charge in [-0.3, -0.25) is 4.79 Å². The van der Waals surface area contributed by atoms with E-state index in [2.05, 4.69) is 11.3 Å². The predicted octanol–water partition coefficient (Wildman–Crippen LogP) is 3.57. The van der Waals surface area contributed by atoms with Crippen molar-refractivity contribution in [2.24, 2.45) is 5.92 Å². The highest BCUT2D eigenvalue weighted by Gasteiger charge is 2.17. The van der Waals surface area contributed by atoms with Crippen molar-refractivity contribution in [3.63, 3.8) is 0 Å². The van der Waals surface area contributed by atoms with Crippen LogP contribution < -0.4 is 0 Å². The van der Waals surface area contributed by atoms with Crippen LogP contribution in [0.1, 0.15) is 42.6 Å². The number of carboxylic acids is 1. The van der Waals surface area contributed by atoms with Gasteiger partial charge >= 0.3 is 18.1 Å². The van der Waals surface area contributed by atoms with E-state index >= 15 is 0 Å². The molecule has 0 saturated heterocycles. The Hall–Kier alpha value is -2.83. The lowest BCUT2D eigenvalue weighted by Gasteiger charge is -2.12. The summed E-state index contributed by atoms with van der Waals surface area (Å²) in [5, 5.41) is 9.24. The number of benzene rings is 1. The summed E-state index contributed by atoms with van der Waals surface area (Å²) in [6.45, 7) is 6.38. The average molecular weight is 364 g/mol. The lowest BCUT2D eigenvalue weighted by atomic mass is 9.94. The molecule has 1 atom stereocenters. The lowest BCUT2D eigenvalue weighted by Crippen LogP contribution is -2.17. The number of aliphatic carboxylic acids is 1. The van der Waals surface area contributed by atoms with Crippen LogP contribution in [0.25, 0.3) is 0 Å². The lowest BCUT2D eigenvalue weighted by molar-refractivity contribution is -0.141. The molecular formula is C19H24O7. The van der Waals surface area contributed by atoms with Crippen molar-refractivity contribution in [1.82, 2.24) is 0 Å². The van der Waals surface area contributed by atoms with Crippen LogP contribution in [0.15, 0.2) is 36.9 Å². The Balaban J connectivity index is 2.52. The summed E-state index contributed by atoms with van der Waals surface area (Å²) in [6.07, 6.45) is 1.94. The number of allylic oxidation sites excluding steroid dienone is 1. The first-order valence-electron chi connectivity index (χ1n) is 8.26. The number of ether oxygens (including phenoxy) is 3. The topological polar surface area (TPSA) is 99.1 Å². The van der Waals surface area contributed by atoms with Crippen molar-refractivity contribution in [3.8, 4) is 0 Å². The molecule has 7 heteroatoms. The Labute approximate surface area is 152 Å². The maximum atomic E-state index is 11.9. The van der Waals surface area contributed by atoms with Crippen molar-refractivity contribution in [2.75, 3.05) is 6.79 Å². The minimum atomic E-state index is -0.914. The highest BCUT2D eigenvalue weighted by atomic mass is 16.8. The van der Waals surface area contributed by atoms with Gasteiger partial charge in [0.1, 0.15) is 0 Å². The number of carboxylic acid groups (broad SMARTS) is 1. The van der Waals surface area contributed by atoms with E-state index in [0.717, 1.165) is 5.56 Å². The summed E-state index contributed by atoms with van der Waals surface area (Å²) < 4.78 is 14.2. The molecule has 0 aromatic heterocycles. The number of hydrogen-bond acceptors (Lipinski definition) is 6. The molecule has 0 radical (unpaired) electrons. The SMILES string of the molecule is C=CCC[C@H](Cc1ccc(C(=O)OCOC(=O)OC(C)C)cc1)C(=O)O. The average Bonchev–Trinajstić information content (AvgIpc) is 2.58. The van der Waals surface area contributed by atoms with Crippen molar-refractivity contribution in [2.45, 2.75) is 39.2 Å². The molecule has 1 aromatic rings. The molecule has 7 nitrogen and oxygen atoms in total. The normalized spacial score (nSPS) is 11.5. The van der Waals surface area contributed by atoms with Crippen LogP contribution in [-0.2, 0) is 25.4 Å². The first kappa shape index (κ1) is 21.2. The molecular weight excluding hydrogens is 340 g/mol. The summed E-state index contributed by atoms with van der Waals surface area (Å²) in [6, 6.07) is 6.43. The van der Waals surface area contributed by atoms with Gasteiger partial charge in [0.2, 0.25) is 6.79 Å². The van der Waals surface area contributed by atoms with Gasteiger partial charge in [0.25, 0.3) is 0 Å². The van der Waals surface area contributed by atoms with E-state index in [1.165, 1.54) is 12.1 Å². The Morgan fingerprint density at radius 1 is 1.15 bits per heavy atom. The van der Waals surface area contributed by atoms with E-state index in [-0.39, 0.29) is 11.7 Å². The standard InChI is InChI=1S/C19H24O7/c1-4-5-6-16(17(20)21)11-14-7-9-15(10-8-14)18(22)24-12-25-19(23)26-13(2)3/h4,7-10,13,16H,1,5-6,11-12H2,2-3H3,(H,20,21)/t16-/m1/s1. The van der Waals surface area contributed by atoms with Gasteiger partial charge in [-0.2, -0.15) is 0 Å². The molecule has 1 N–H and O–H groups in total. The Kier molecular flexibility index (Phi) is 8.91. The summed E-state index contributed by atoms with van der Waals surface area (Å²) >= 11 is 0. The van der Waals surface area contributed by atoms with Gasteiger partial charge in [-0.05, 0) is 50.8 Å². The molecule has 0 aliphatic rings. The molecule has 0 spiro atoms. The van der Waals surface area contributed by atoms with Crippen LogP contribution in [0.4, 0.5) is 4.79 Å². The fourth-order valence-electron chi connectivity index (χ4n) is 2.13. The molecule has 0 aliphatic heterocycles. The summed E-state index contributed by atoms with van der Waals surface area (Å²) in [5.74, 6) is -2.03. The van der Waals surface area contributed by atoms with E-state index in [4.69, 9.17) is 9.47 Å². The van der Waals surface area contributed by atoms with Gasteiger partial charge < -0.3 is 19.3 Å². The van der Waals surface area contributed by atoms with E-state index in [9.17, 15) is 19.5 Å². The van der Waals surface area contributed by atoms with Crippen LogP contribution >= 0.6 is 0 Å². The van der Waals surface area contributed by atoms with Gasteiger partial charge in [-0.1, -0.05) is 18.2 Å². The zero-order valence-corrected chi connectivity index (χ0v) is 15.0. The van der Waals surface area contributed by atoms with Gasteiger partial charge in [0, 0.05) is 0 Å². The number of esters is 1. The summed E-state index contributed by atoms with van der Waals surface area (Å²) in [5.41, 5.74) is 1.07. The van der Waals surface area contributed by atoms with E-state index < -0.39 is 30.8 Å². The van der Waals surface area contributed by atoms with E-state index in [0.29, 0.717) is 19.3 Å². The van der Waals surface area contributed by atoms with Crippen molar-refractivity contribution in [3.05, 3.63) is 48.0 Å². The van der Waals surface area contributed by atoms with Crippen LogP contribution in [-0.4, -0.2) is 36.1 Å². The second kappa shape index (κ2) is 10.9. The molecule has 0 unspecified atom stereocenters. The van der Waals surface area contributed by atoms with Crippen LogP contribution in [0.2, 0.25) is 0 Å². The molecule has 0 heterocycles. The first-order chi connectivity index (χ1) is 12.3. The maximum Gasteiger partial charge on any atom is 0.511 e. The Morgan fingerprint density at radius 3 is 2.35 bits per heavy atom. The third-order valence-electron chi connectivity index (χ3n) is 3.44. The van der Waals surface area contributed by atoms with Gasteiger partial charge in [0.15, 0.2) is 0 Å². The molecule has 0 bridgehead atoms. The van der Waals surface area contributed by atoms with Gasteiger partial charge in [0.05, 0.1) is 17.6 Å². The zero-order valence-electron chi connectivity index (χ0n) is 15.0. The molecule has 1 rings (SSSR count). The third-order valence-corrected chi connectivity index (χ3v) is 3.44. The van der Waals surface area contributed by atoms with Crippen LogP contribution in [0.5, 0.6) is 0 Å². The molecule has 0 fully saturated rings. The fourth-order valence-corrected chi connectivity index (χ4v) is 2.13. The van der Waals surface area contributed by atoms with Crippen molar-refractivity contribution < 1.29 is 33.7 Å². The van der Waals surface area contributed by atoms with Crippen molar-refractivity contribution >= 4 is 18.1 Å². The van der Waals surface area contributed by atoms with E-state index in [1.807, 2.05) is 0 Å². The predicted molar refractivity (Wildman–Crippen MR) is 93.7 cm³/mol. The fraction of sp³-hybridized carbons (Fsp3) is 0.421. The molecule has 0 saturated carbocycles. The van der Waals surface area contributed by atoms with Crippen molar-refractivity contribution in [1.29, 1.82) is 0 Å². The molecule has 142 valence electrons. The summed E-state index contributed by atoms with van der Waals surface area (Å²) in [7, 11) is 0. The third kappa shape index (κ3) is 7.83. The number of hydrogen-bond donors (Lipinski definition) is 1. The molecule has 0 amide bonds. The van der Waals surface area contributed by atoms with E-state index in [1.54, 1.807) is 32.1 Å². The van der Waals surface area contributed by atoms with Crippen LogP contribution in [0.3, 0.4) is 0 Å². The molecule has 1 aromatic carbocycles. The van der Waals surface area contributed by atoms with Gasteiger partial charge in [-0.15, -0.1) is 6.58 Å². The zero-order chi connectivity index (χ0) is 19.5. The monoisotopic (exact) mass is 364 g/mol. The Bertz CT molecular complexity index is 619. The molecule has 0 aliphatic carbocycles. The highest BCUT2D eigenvalue weighted by Crippen LogP contribution is 2.16. The second-order valence-corrected chi connectivity index (χ2v) is 5.91. The quantitative estimate of drug-likeness (QED) is 0.385. The Morgan fingerprint density at radius 2 is 1.81 bits per heavy atom. The first-order valence-corrected chi connectivity index (χ1v) is 8.26. The molecule has 26 heavy (non-hydrogen) atoms. The number of carbonyl (C=O) groups excluding carboxylic acids is 2. The van der Waals surface area contributed by atoms with Crippen LogP contribution in [0, 0.1) is 5.92 Å².